The molecule has 2 aromatic rings. The monoisotopic (exact) mass is 308 g/mol. The molecule has 1 saturated heterocycles. The van der Waals surface area contributed by atoms with E-state index in [0.717, 1.165) is 49.9 Å². The Kier molecular flexibility index (Phi) is 5.43. The standard InChI is InChI=1S/C20H24N2O/c23-20(22-18-10-6-14-21-15-18)19-11-5-4-9-17(19)13-12-16-7-2-1-3-8-16/h1-5,7-9,11,18,21H,6,10,12-15H2,(H,22,23). The first-order chi connectivity index (χ1) is 11.3. The molecule has 2 aromatic carbocycles. The molecule has 1 fully saturated rings. The highest BCUT2D eigenvalue weighted by Gasteiger charge is 2.17. The Labute approximate surface area is 138 Å². The molecule has 1 amide bonds. The van der Waals surface area contributed by atoms with Crippen LogP contribution in [-0.2, 0) is 12.8 Å². The molecule has 3 nitrogen and oxygen atoms in total. The van der Waals surface area contributed by atoms with Crippen LogP contribution in [0.5, 0.6) is 0 Å². The van der Waals surface area contributed by atoms with Crippen molar-refractivity contribution < 1.29 is 4.79 Å². The lowest BCUT2D eigenvalue weighted by Crippen LogP contribution is -2.45. The van der Waals surface area contributed by atoms with E-state index in [1.807, 2.05) is 24.3 Å². The topological polar surface area (TPSA) is 41.1 Å². The lowest BCUT2D eigenvalue weighted by atomic mass is 9.98. The molecule has 2 N–H and O–H groups in total. The zero-order valence-electron chi connectivity index (χ0n) is 13.4. The number of nitrogens with one attached hydrogen (secondary N) is 2. The van der Waals surface area contributed by atoms with Crippen molar-refractivity contribution >= 4 is 5.91 Å². The highest BCUT2D eigenvalue weighted by Crippen LogP contribution is 2.14. The van der Waals surface area contributed by atoms with E-state index in [1.54, 1.807) is 0 Å². The van der Waals surface area contributed by atoms with Gasteiger partial charge in [-0.1, -0.05) is 48.5 Å². The molecule has 23 heavy (non-hydrogen) atoms. The first-order valence-electron chi connectivity index (χ1n) is 8.46. The van der Waals surface area contributed by atoms with Crippen LogP contribution in [-0.4, -0.2) is 25.0 Å². The van der Waals surface area contributed by atoms with Crippen LogP contribution in [0.15, 0.2) is 54.6 Å². The summed E-state index contributed by atoms with van der Waals surface area (Å²) in [4.78, 5) is 12.6. The Morgan fingerprint density at radius 2 is 1.83 bits per heavy atom. The van der Waals surface area contributed by atoms with E-state index in [1.165, 1.54) is 5.56 Å². The van der Waals surface area contributed by atoms with Crippen molar-refractivity contribution in [1.82, 2.24) is 10.6 Å². The highest BCUT2D eigenvalue weighted by molar-refractivity contribution is 5.95. The minimum Gasteiger partial charge on any atom is -0.348 e. The summed E-state index contributed by atoms with van der Waals surface area (Å²) in [5.41, 5.74) is 3.24. The number of aryl methyl sites for hydroxylation is 2. The van der Waals surface area contributed by atoms with Crippen LogP contribution >= 0.6 is 0 Å². The SMILES string of the molecule is O=C(NC1CCCNC1)c1ccccc1CCc1ccccc1. The fourth-order valence-electron chi connectivity index (χ4n) is 3.12. The van der Waals surface area contributed by atoms with Gasteiger partial charge in [0.2, 0.25) is 0 Å². The van der Waals surface area contributed by atoms with Crippen LogP contribution in [0.4, 0.5) is 0 Å². The average Bonchev–Trinajstić information content (AvgIpc) is 2.62. The molecule has 0 saturated carbocycles. The Morgan fingerprint density at radius 1 is 1.04 bits per heavy atom. The van der Waals surface area contributed by atoms with Crippen molar-refractivity contribution in [3.8, 4) is 0 Å². The van der Waals surface area contributed by atoms with Crippen LogP contribution in [0.2, 0.25) is 0 Å². The summed E-state index contributed by atoms with van der Waals surface area (Å²) in [6.07, 6.45) is 4.03. The smallest absolute Gasteiger partial charge is 0.251 e. The lowest BCUT2D eigenvalue weighted by Gasteiger charge is -2.24. The van der Waals surface area contributed by atoms with Crippen molar-refractivity contribution in [2.45, 2.75) is 31.7 Å². The summed E-state index contributed by atoms with van der Waals surface area (Å²) in [6, 6.07) is 18.6. The van der Waals surface area contributed by atoms with Crippen LogP contribution in [0.25, 0.3) is 0 Å². The zero-order chi connectivity index (χ0) is 15.9. The van der Waals surface area contributed by atoms with Gasteiger partial charge in [-0.2, -0.15) is 0 Å². The summed E-state index contributed by atoms with van der Waals surface area (Å²) < 4.78 is 0. The van der Waals surface area contributed by atoms with Crippen molar-refractivity contribution in [2.24, 2.45) is 0 Å². The number of amides is 1. The minimum absolute atomic E-state index is 0.0577. The van der Waals surface area contributed by atoms with Gasteiger partial charge in [-0.3, -0.25) is 4.79 Å². The average molecular weight is 308 g/mol. The number of rotatable bonds is 5. The number of hydrogen-bond acceptors (Lipinski definition) is 2. The molecule has 1 heterocycles. The number of piperidine rings is 1. The number of carbonyl (C=O) groups is 1. The third-order valence-electron chi connectivity index (χ3n) is 4.42. The van der Waals surface area contributed by atoms with Crippen LogP contribution < -0.4 is 10.6 Å². The summed E-state index contributed by atoms with van der Waals surface area (Å²) in [5.74, 6) is 0.0577. The molecule has 0 aromatic heterocycles. The normalized spacial score (nSPS) is 17.7. The van der Waals surface area contributed by atoms with Gasteiger partial charge in [-0.05, 0) is 49.4 Å². The molecule has 0 radical (unpaired) electrons. The molecule has 0 spiro atoms. The molecule has 1 atom stereocenters. The summed E-state index contributed by atoms with van der Waals surface area (Å²) in [5, 5.41) is 6.51. The molecular weight excluding hydrogens is 284 g/mol. The number of carbonyl (C=O) groups excluding carboxylic acids is 1. The van der Waals surface area contributed by atoms with Gasteiger partial charge in [-0.25, -0.2) is 0 Å². The van der Waals surface area contributed by atoms with Gasteiger partial charge in [0.1, 0.15) is 0 Å². The van der Waals surface area contributed by atoms with Crippen molar-refractivity contribution in [3.63, 3.8) is 0 Å². The molecule has 3 heteroatoms. The number of benzene rings is 2. The third-order valence-corrected chi connectivity index (χ3v) is 4.42. The Hall–Kier alpha value is -2.13. The second-order valence-corrected chi connectivity index (χ2v) is 6.16. The van der Waals surface area contributed by atoms with Gasteiger partial charge in [0, 0.05) is 18.2 Å². The molecular formula is C20H24N2O. The predicted molar refractivity (Wildman–Crippen MR) is 93.6 cm³/mol. The van der Waals surface area contributed by atoms with Crippen LogP contribution in [0.3, 0.4) is 0 Å². The maximum absolute atomic E-state index is 12.6. The van der Waals surface area contributed by atoms with Crippen molar-refractivity contribution in [3.05, 3.63) is 71.3 Å². The van der Waals surface area contributed by atoms with Crippen LogP contribution in [0, 0.1) is 0 Å². The van der Waals surface area contributed by atoms with Gasteiger partial charge >= 0.3 is 0 Å². The second-order valence-electron chi connectivity index (χ2n) is 6.16. The van der Waals surface area contributed by atoms with E-state index < -0.39 is 0 Å². The fourth-order valence-corrected chi connectivity index (χ4v) is 3.12. The molecule has 1 unspecified atom stereocenters. The molecule has 1 aliphatic heterocycles. The maximum Gasteiger partial charge on any atom is 0.251 e. The van der Waals surface area contributed by atoms with E-state index in [0.29, 0.717) is 0 Å². The van der Waals surface area contributed by atoms with Gasteiger partial charge in [0.05, 0.1) is 0 Å². The Morgan fingerprint density at radius 3 is 2.61 bits per heavy atom. The van der Waals surface area contributed by atoms with Gasteiger partial charge in [0.15, 0.2) is 0 Å². The van der Waals surface area contributed by atoms with E-state index in [2.05, 4.69) is 41.0 Å². The lowest BCUT2D eigenvalue weighted by molar-refractivity contribution is 0.0929. The maximum atomic E-state index is 12.6. The largest absolute Gasteiger partial charge is 0.348 e. The van der Waals surface area contributed by atoms with Crippen molar-refractivity contribution in [1.29, 1.82) is 0 Å². The van der Waals surface area contributed by atoms with E-state index >= 15 is 0 Å². The van der Waals surface area contributed by atoms with Gasteiger partial charge in [0.25, 0.3) is 5.91 Å². The van der Waals surface area contributed by atoms with E-state index in [-0.39, 0.29) is 11.9 Å². The molecule has 0 aliphatic carbocycles. The summed E-state index contributed by atoms with van der Waals surface area (Å²) in [6.45, 7) is 1.93. The number of hydrogen-bond donors (Lipinski definition) is 2. The molecule has 3 rings (SSSR count). The van der Waals surface area contributed by atoms with Crippen molar-refractivity contribution in [2.75, 3.05) is 13.1 Å². The molecule has 1 aliphatic rings. The predicted octanol–water partition coefficient (Wildman–Crippen LogP) is 2.95. The zero-order valence-corrected chi connectivity index (χ0v) is 13.4. The molecule has 0 bridgehead atoms. The second kappa shape index (κ2) is 7.93. The molecule has 120 valence electrons. The first-order valence-corrected chi connectivity index (χ1v) is 8.46. The van der Waals surface area contributed by atoms with Gasteiger partial charge < -0.3 is 10.6 Å². The third kappa shape index (κ3) is 4.42. The van der Waals surface area contributed by atoms with E-state index in [9.17, 15) is 4.79 Å². The fraction of sp³-hybridized carbons (Fsp3) is 0.350. The quantitative estimate of drug-likeness (QED) is 0.891. The summed E-state index contributed by atoms with van der Waals surface area (Å²) >= 11 is 0. The van der Waals surface area contributed by atoms with E-state index in [4.69, 9.17) is 0 Å². The minimum atomic E-state index is 0.0577. The summed E-state index contributed by atoms with van der Waals surface area (Å²) in [7, 11) is 0. The van der Waals surface area contributed by atoms with Crippen LogP contribution in [0.1, 0.15) is 34.3 Å². The Balaban J connectivity index is 1.65. The Bertz CT molecular complexity index is 633. The first kappa shape index (κ1) is 15.8. The highest BCUT2D eigenvalue weighted by atomic mass is 16.1. The van der Waals surface area contributed by atoms with Gasteiger partial charge in [-0.15, -0.1) is 0 Å².